The summed E-state index contributed by atoms with van der Waals surface area (Å²) in [6.45, 7) is 7.85. The molecule has 2 atom stereocenters. The van der Waals surface area contributed by atoms with E-state index in [2.05, 4.69) is 14.9 Å². The molecule has 0 aliphatic heterocycles. The van der Waals surface area contributed by atoms with Crippen molar-refractivity contribution in [3.8, 4) is 11.5 Å². The van der Waals surface area contributed by atoms with Gasteiger partial charge in [0.15, 0.2) is 0 Å². The van der Waals surface area contributed by atoms with Crippen molar-refractivity contribution in [2.45, 2.75) is 32.6 Å². The van der Waals surface area contributed by atoms with E-state index >= 15 is 0 Å². The lowest BCUT2D eigenvalue weighted by Gasteiger charge is -2.08. The Morgan fingerprint density at radius 2 is 2.04 bits per heavy atom. The molecule has 0 bridgehead atoms. The van der Waals surface area contributed by atoms with E-state index in [0.29, 0.717) is 5.56 Å². The minimum atomic E-state index is -3.99. The molecule has 1 aromatic heterocycles. The van der Waals surface area contributed by atoms with Crippen LogP contribution in [0.5, 0.6) is 0 Å². The van der Waals surface area contributed by atoms with Crippen molar-refractivity contribution >= 4 is 15.9 Å². The van der Waals surface area contributed by atoms with Crippen molar-refractivity contribution in [2.75, 3.05) is 0 Å². The number of allylic oxidation sites excluding steroid dienone is 2. The van der Waals surface area contributed by atoms with Gasteiger partial charge in [-0.05, 0) is 43.4 Å². The molecule has 0 radical (unpaired) electrons. The molecule has 1 amide bonds. The number of aromatic nitrogens is 2. The van der Waals surface area contributed by atoms with Crippen LogP contribution in [0.3, 0.4) is 0 Å². The van der Waals surface area contributed by atoms with Gasteiger partial charge < -0.3 is 4.42 Å². The average molecular weight is 375 g/mol. The van der Waals surface area contributed by atoms with E-state index in [-0.39, 0.29) is 28.0 Å². The van der Waals surface area contributed by atoms with Gasteiger partial charge in [-0.15, -0.1) is 10.2 Å². The summed E-state index contributed by atoms with van der Waals surface area (Å²) < 4.78 is 32.5. The number of carbonyl (C=O) groups excluding carboxylic acids is 1. The molecule has 1 aliphatic carbocycles. The molecular formula is C18H21N3O4S. The zero-order valence-corrected chi connectivity index (χ0v) is 15.9. The van der Waals surface area contributed by atoms with Gasteiger partial charge in [0, 0.05) is 5.56 Å². The van der Waals surface area contributed by atoms with Crippen molar-refractivity contribution in [2.24, 2.45) is 17.3 Å². The second-order valence-corrected chi connectivity index (χ2v) is 8.99. The number of carbonyl (C=O) groups is 1. The maximum atomic E-state index is 12.6. The molecule has 8 heteroatoms. The van der Waals surface area contributed by atoms with E-state index < -0.39 is 15.9 Å². The molecule has 0 unspecified atom stereocenters. The molecule has 1 heterocycles. The SMILES string of the molecule is CC(C)=C[C@H]1[C@@H](C(=O)NS(=O)(=O)c2cccc(-c3nnco3)c2)C1(C)C. The molecule has 1 aromatic carbocycles. The van der Waals surface area contributed by atoms with E-state index in [9.17, 15) is 13.2 Å². The molecule has 7 nitrogen and oxygen atoms in total. The first kappa shape index (κ1) is 18.3. The first-order valence-electron chi connectivity index (χ1n) is 8.21. The first-order valence-corrected chi connectivity index (χ1v) is 9.69. The monoisotopic (exact) mass is 375 g/mol. The van der Waals surface area contributed by atoms with Gasteiger partial charge in [0.05, 0.1) is 10.8 Å². The molecule has 1 aliphatic rings. The highest BCUT2D eigenvalue weighted by atomic mass is 32.2. The third-order valence-electron chi connectivity index (χ3n) is 4.69. The van der Waals surface area contributed by atoms with E-state index in [4.69, 9.17) is 4.42 Å². The Hall–Kier alpha value is -2.48. The number of nitrogens with zero attached hydrogens (tertiary/aromatic N) is 2. The van der Waals surface area contributed by atoms with E-state index in [1.54, 1.807) is 12.1 Å². The van der Waals surface area contributed by atoms with Gasteiger partial charge >= 0.3 is 0 Å². The predicted octanol–water partition coefficient (Wildman–Crippen LogP) is 2.78. The molecule has 1 saturated carbocycles. The van der Waals surface area contributed by atoms with E-state index in [1.165, 1.54) is 12.1 Å². The zero-order valence-electron chi connectivity index (χ0n) is 15.1. The fourth-order valence-electron chi connectivity index (χ4n) is 3.20. The minimum absolute atomic E-state index is 0.0289. The van der Waals surface area contributed by atoms with Gasteiger partial charge in [-0.2, -0.15) is 0 Å². The fourth-order valence-corrected chi connectivity index (χ4v) is 4.25. The lowest BCUT2D eigenvalue weighted by Crippen LogP contribution is -2.33. The van der Waals surface area contributed by atoms with Crippen LogP contribution in [0.1, 0.15) is 27.7 Å². The van der Waals surface area contributed by atoms with E-state index in [1.807, 2.05) is 33.8 Å². The maximum Gasteiger partial charge on any atom is 0.264 e. The fraction of sp³-hybridized carbons (Fsp3) is 0.389. The Kier molecular flexibility index (Phi) is 4.47. The first-order chi connectivity index (χ1) is 12.1. The molecular weight excluding hydrogens is 354 g/mol. The predicted molar refractivity (Wildman–Crippen MR) is 95.3 cm³/mol. The van der Waals surface area contributed by atoms with Crippen molar-refractivity contribution in [3.63, 3.8) is 0 Å². The number of amides is 1. The third-order valence-corrected chi connectivity index (χ3v) is 6.04. The van der Waals surface area contributed by atoms with Crippen LogP contribution in [0.2, 0.25) is 0 Å². The molecule has 2 aromatic rings. The molecule has 1 fully saturated rings. The molecule has 0 saturated heterocycles. The van der Waals surface area contributed by atoms with Gasteiger partial charge in [-0.25, -0.2) is 13.1 Å². The number of benzene rings is 1. The van der Waals surface area contributed by atoms with Crippen LogP contribution < -0.4 is 4.72 Å². The molecule has 138 valence electrons. The summed E-state index contributed by atoms with van der Waals surface area (Å²) in [5.41, 5.74) is 1.31. The number of hydrogen-bond donors (Lipinski definition) is 1. The Labute approximate surface area is 152 Å². The topological polar surface area (TPSA) is 102 Å². The normalized spacial score (nSPS) is 21.1. The number of rotatable bonds is 5. The lowest BCUT2D eigenvalue weighted by molar-refractivity contribution is -0.121. The van der Waals surface area contributed by atoms with Crippen LogP contribution in [0.25, 0.3) is 11.5 Å². The number of hydrogen-bond acceptors (Lipinski definition) is 6. The summed E-state index contributed by atoms with van der Waals surface area (Å²) in [5.74, 6) is -0.611. The summed E-state index contributed by atoms with van der Waals surface area (Å²) in [5, 5.41) is 7.34. The highest BCUT2D eigenvalue weighted by Gasteiger charge is 2.60. The maximum absolute atomic E-state index is 12.6. The van der Waals surface area contributed by atoms with Crippen LogP contribution in [0, 0.1) is 17.3 Å². The van der Waals surface area contributed by atoms with Crippen LogP contribution >= 0.6 is 0 Å². The molecule has 3 rings (SSSR count). The smallest absolute Gasteiger partial charge is 0.264 e. The Balaban J connectivity index is 1.81. The largest absolute Gasteiger partial charge is 0.423 e. The van der Waals surface area contributed by atoms with E-state index in [0.717, 1.165) is 12.0 Å². The van der Waals surface area contributed by atoms with Crippen molar-refractivity contribution in [3.05, 3.63) is 42.3 Å². The number of nitrogens with one attached hydrogen (secondary N) is 1. The quantitative estimate of drug-likeness (QED) is 0.806. The van der Waals surface area contributed by atoms with Crippen LogP contribution in [0.4, 0.5) is 0 Å². The molecule has 0 spiro atoms. The standard InChI is InChI=1S/C18H21N3O4S/c1-11(2)8-14-15(18(14,3)4)16(22)21-26(23,24)13-7-5-6-12(9-13)17-20-19-10-25-17/h5-10,14-15H,1-4H3,(H,21,22)/t14-,15-/m0/s1. The van der Waals surface area contributed by atoms with Crippen LogP contribution in [-0.4, -0.2) is 24.5 Å². The van der Waals surface area contributed by atoms with Crippen LogP contribution in [-0.2, 0) is 14.8 Å². The van der Waals surface area contributed by atoms with Crippen molar-refractivity contribution in [1.29, 1.82) is 0 Å². The second-order valence-electron chi connectivity index (χ2n) is 7.31. The lowest BCUT2D eigenvalue weighted by atomic mass is 10.1. The minimum Gasteiger partial charge on any atom is -0.423 e. The van der Waals surface area contributed by atoms with Crippen molar-refractivity contribution in [1.82, 2.24) is 14.9 Å². The third kappa shape index (κ3) is 3.41. The van der Waals surface area contributed by atoms with Crippen molar-refractivity contribution < 1.29 is 17.6 Å². The highest BCUT2D eigenvalue weighted by Crippen LogP contribution is 2.59. The van der Waals surface area contributed by atoms with Crippen LogP contribution in [0.15, 0.2) is 51.6 Å². The second kappa shape index (κ2) is 6.35. The van der Waals surface area contributed by atoms with Gasteiger partial charge in [0.2, 0.25) is 18.2 Å². The zero-order chi connectivity index (χ0) is 19.1. The van der Waals surface area contributed by atoms with Gasteiger partial charge in [-0.1, -0.05) is 31.6 Å². The summed E-state index contributed by atoms with van der Waals surface area (Å²) in [6.07, 6.45) is 3.18. The summed E-state index contributed by atoms with van der Waals surface area (Å²) in [4.78, 5) is 12.5. The summed E-state index contributed by atoms with van der Waals surface area (Å²) in [6, 6.07) is 6.03. The van der Waals surface area contributed by atoms with Gasteiger partial charge in [0.1, 0.15) is 0 Å². The molecule has 26 heavy (non-hydrogen) atoms. The van der Waals surface area contributed by atoms with Gasteiger partial charge in [-0.3, -0.25) is 4.79 Å². The van der Waals surface area contributed by atoms with Gasteiger partial charge in [0.25, 0.3) is 10.0 Å². The average Bonchev–Trinajstić information content (AvgIpc) is 2.94. The Morgan fingerprint density at radius 1 is 1.31 bits per heavy atom. The molecule has 1 N–H and O–H groups in total. The Morgan fingerprint density at radius 3 is 2.65 bits per heavy atom. The summed E-state index contributed by atoms with van der Waals surface area (Å²) in [7, 11) is -3.99. The number of sulfonamides is 1. The summed E-state index contributed by atoms with van der Waals surface area (Å²) >= 11 is 0. The Bertz CT molecular complexity index is 958. The highest BCUT2D eigenvalue weighted by molar-refractivity contribution is 7.90.